The Hall–Kier alpha value is -2.17. The largest absolute Gasteiger partial charge is 0.473 e. The topological polar surface area (TPSA) is 57.0 Å². The van der Waals surface area contributed by atoms with E-state index in [2.05, 4.69) is 23.9 Å². The molecule has 0 saturated carbocycles. The van der Waals surface area contributed by atoms with Crippen molar-refractivity contribution in [1.82, 2.24) is 14.8 Å². The first kappa shape index (κ1) is 15.2. The molecule has 0 N–H and O–H groups in total. The number of carbonyl (C=O) groups excluding carboxylic acids is 1. The third-order valence-corrected chi connectivity index (χ3v) is 3.34. The second-order valence-corrected chi connectivity index (χ2v) is 4.98. The zero-order chi connectivity index (χ0) is 15.2. The van der Waals surface area contributed by atoms with Gasteiger partial charge in [0.25, 0.3) is 0 Å². The summed E-state index contributed by atoms with van der Waals surface area (Å²) in [6.45, 7) is 5.77. The number of hydrogen-bond acceptors (Lipinski definition) is 4. The highest BCUT2D eigenvalue weighted by Gasteiger charge is 2.13. The first-order chi connectivity index (χ1) is 10.2. The van der Waals surface area contributed by atoms with E-state index in [1.807, 2.05) is 6.07 Å². The number of ketones is 1. The molecule has 0 bridgehead atoms. The second-order valence-electron chi connectivity index (χ2n) is 4.98. The fourth-order valence-corrected chi connectivity index (χ4v) is 2.20. The minimum Gasteiger partial charge on any atom is -0.473 e. The molecule has 0 aliphatic heterocycles. The van der Waals surface area contributed by atoms with Gasteiger partial charge in [-0.25, -0.2) is 4.68 Å². The van der Waals surface area contributed by atoms with Gasteiger partial charge in [-0.1, -0.05) is 20.3 Å². The van der Waals surface area contributed by atoms with Crippen LogP contribution in [0.5, 0.6) is 5.88 Å². The molecule has 5 heteroatoms. The zero-order valence-electron chi connectivity index (χ0n) is 12.7. The molecule has 0 spiro atoms. The summed E-state index contributed by atoms with van der Waals surface area (Å²) in [7, 11) is 0. The van der Waals surface area contributed by atoms with Crippen LogP contribution in [0.15, 0.2) is 30.7 Å². The molecule has 21 heavy (non-hydrogen) atoms. The summed E-state index contributed by atoms with van der Waals surface area (Å²) < 4.78 is 7.53. The van der Waals surface area contributed by atoms with Gasteiger partial charge in [0.15, 0.2) is 5.78 Å². The third-order valence-electron chi connectivity index (χ3n) is 3.34. The van der Waals surface area contributed by atoms with Crippen LogP contribution < -0.4 is 4.74 Å². The van der Waals surface area contributed by atoms with Crippen molar-refractivity contribution < 1.29 is 9.53 Å². The summed E-state index contributed by atoms with van der Waals surface area (Å²) in [4.78, 5) is 15.6. The van der Waals surface area contributed by atoms with Crippen molar-refractivity contribution in [2.45, 2.75) is 46.1 Å². The van der Waals surface area contributed by atoms with Gasteiger partial charge in [-0.3, -0.25) is 9.78 Å². The summed E-state index contributed by atoms with van der Waals surface area (Å²) in [5.74, 6) is 0.551. The van der Waals surface area contributed by atoms with E-state index in [9.17, 15) is 4.79 Å². The SMILES string of the molecule is CCC[C@@H](CC)Oc1ccn(-c2ccncc2C(C)=O)n1. The lowest BCUT2D eigenvalue weighted by Gasteiger charge is -2.14. The van der Waals surface area contributed by atoms with Gasteiger partial charge < -0.3 is 4.74 Å². The lowest BCUT2D eigenvalue weighted by Crippen LogP contribution is -2.15. The highest BCUT2D eigenvalue weighted by atomic mass is 16.5. The first-order valence-corrected chi connectivity index (χ1v) is 7.33. The Kier molecular flexibility index (Phi) is 5.09. The molecular formula is C16H21N3O2. The molecule has 0 fully saturated rings. The number of aromatic nitrogens is 3. The maximum Gasteiger partial charge on any atom is 0.233 e. The maximum atomic E-state index is 11.6. The van der Waals surface area contributed by atoms with E-state index < -0.39 is 0 Å². The lowest BCUT2D eigenvalue weighted by molar-refractivity contribution is 0.101. The smallest absolute Gasteiger partial charge is 0.233 e. The van der Waals surface area contributed by atoms with E-state index in [0.29, 0.717) is 11.4 Å². The molecule has 0 radical (unpaired) electrons. The van der Waals surface area contributed by atoms with Gasteiger partial charge in [0, 0.05) is 24.7 Å². The molecular weight excluding hydrogens is 266 g/mol. The van der Waals surface area contributed by atoms with Crippen molar-refractivity contribution in [2.24, 2.45) is 0 Å². The van der Waals surface area contributed by atoms with E-state index >= 15 is 0 Å². The quantitative estimate of drug-likeness (QED) is 0.732. The summed E-state index contributed by atoms with van der Waals surface area (Å²) in [5.41, 5.74) is 1.27. The van der Waals surface area contributed by atoms with E-state index in [1.165, 1.54) is 6.92 Å². The van der Waals surface area contributed by atoms with Crippen molar-refractivity contribution in [2.75, 3.05) is 0 Å². The van der Waals surface area contributed by atoms with E-state index in [1.54, 1.807) is 29.3 Å². The van der Waals surface area contributed by atoms with E-state index in [-0.39, 0.29) is 11.9 Å². The second kappa shape index (κ2) is 7.02. The maximum absolute atomic E-state index is 11.6. The monoisotopic (exact) mass is 287 g/mol. The molecule has 2 heterocycles. The third kappa shape index (κ3) is 3.68. The molecule has 0 aliphatic carbocycles. The van der Waals surface area contributed by atoms with Gasteiger partial charge >= 0.3 is 0 Å². The number of nitrogens with zero attached hydrogens (tertiary/aromatic N) is 3. The van der Waals surface area contributed by atoms with Gasteiger partial charge in [0.1, 0.15) is 6.10 Å². The number of hydrogen-bond donors (Lipinski definition) is 0. The molecule has 2 aromatic heterocycles. The molecule has 0 unspecified atom stereocenters. The van der Waals surface area contributed by atoms with Gasteiger partial charge in [0.2, 0.25) is 5.88 Å². The predicted molar refractivity (Wildman–Crippen MR) is 81.0 cm³/mol. The van der Waals surface area contributed by atoms with Crippen LogP contribution in [-0.4, -0.2) is 26.7 Å². The normalized spacial score (nSPS) is 12.1. The molecule has 2 aromatic rings. The summed E-state index contributed by atoms with van der Waals surface area (Å²) >= 11 is 0. The molecule has 0 amide bonds. The molecule has 1 atom stereocenters. The Morgan fingerprint density at radius 2 is 2.19 bits per heavy atom. The van der Waals surface area contributed by atoms with Crippen molar-refractivity contribution in [3.8, 4) is 11.6 Å². The number of ether oxygens (including phenoxy) is 1. The Bertz CT molecular complexity index is 607. The van der Waals surface area contributed by atoms with Crippen molar-refractivity contribution >= 4 is 5.78 Å². The summed E-state index contributed by atoms with van der Waals surface area (Å²) in [6, 6.07) is 3.60. The Labute approximate surface area is 125 Å². The van der Waals surface area contributed by atoms with Crippen LogP contribution in [0.4, 0.5) is 0 Å². The Morgan fingerprint density at radius 1 is 1.38 bits per heavy atom. The molecule has 2 rings (SSSR count). The minimum atomic E-state index is -0.0338. The summed E-state index contributed by atoms with van der Waals surface area (Å²) in [6.07, 6.45) is 8.24. The highest BCUT2D eigenvalue weighted by Crippen LogP contribution is 2.18. The van der Waals surface area contributed by atoms with Crippen LogP contribution in [0.2, 0.25) is 0 Å². The van der Waals surface area contributed by atoms with Crippen molar-refractivity contribution in [3.05, 3.63) is 36.3 Å². The highest BCUT2D eigenvalue weighted by molar-refractivity contribution is 5.97. The minimum absolute atomic E-state index is 0.0338. The van der Waals surface area contributed by atoms with Gasteiger partial charge in [0.05, 0.1) is 11.3 Å². The average molecular weight is 287 g/mol. The Morgan fingerprint density at radius 3 is 2.86 bits per heavy atom. The van der Waals surface area contributed by atoms with Crippen molar-refractivity contribution in [3.63, 3.8) is 0 Å². The van der Waals surface area contributed by atoms with Crippen LogP contribution in [0.25, 0.3) is 5.69 Å². The standard InChI is InChI=1S/C16H21N3O2/c1-4-6-13(5-2)21-16-8-10-19(18-16)15-7-9-17-11-14(15)12(3)20/h7-11,13H,4-6H2,1-3H3/t13-/m1/s1. The fraction of sp³-hybridized carbons (Fsp3) is 0.438. The van der Waals surface area contributed by atoms with Gasteiger partial charge in [-0.15, -0.1) is 5.10 Å². The lowest BCUT2D eigenvalue weighted by atomic mass is 10.2. The van der Waals surface area contributed by atoms with Crippen LogP contribution in [0.1, 0.15) is 50.4 Å². The van der Waals surface area contributed by atoms with Crippen LogP contribution in [0, 0.1) is 0 Å². The van der Waals surface area contributed by atoms with E-state index in [4.69, 9.17) is 4.74 Å². The van der Waals surface area contributed by atoms with E-state index in [0.717, 1.165) is 24.9 Å². The average Bonchev–Trinajstić information content (AvgIpc) is 2.95. The number of carbonyl (C=O) groups is 1. The number of pyridine rings is 1. The number of rotatable bonds is 7. The fourth-order valence-electron chi connectivity index (χ4n) is 2.20. The molecule has 0 aromatic carbocycles. The predicted octanol–water partition coefficient (Wildman–Crippen LogP) is 3.43. The summed E-state index contributed by atoms with van der Waals surface area (Å²) in [5, 5.41) is 4.41. The van der Waals surface area contributed by atoms with Gasteiger partial charge in [-0.05, 0) is 25.8 Å². The van der Waals surface area contributed by atoms with Gasteiger partial charge in [-0.2, -0.15) is 0 Å². The molecule has 0 saturated heterocycles. The van der Waals surface area contributed by atoms with Crippen LogP contribution >= 0.6 is 0 Å². The number of Topliss-reactive ketones (excluding diaryl/α,β-unsaturated/α-hetero) is 1. The molecule has 0 aliphatic rings. The Balaban J connectivity index is 2.22. The van der Waals surface area contributed by atoms with Crippen LogP contribution in [-0.2, 0) is 0 Å². The van der Waals surface area contributed by atoms with Crippen molar-refractivity contribution in [1.29, 1.82) is 0 Å². The molecule has 112 valence electrons. The van der Waals surface area contributed by atoms with Crippen LogP contribution in [0.3, 0.4) is 0 Å². The molecule has 5 nitrogen and oxygen atoms in total. The zero-order valence-corrected chi connectivity index (χ0v) is 12.7. The first-order valence-electron chi connectivity index (χ1n) is 7.33.